The predicted molar refractivity (Wildman–Crippen MR) is 113 cm³/mol. The molecule has 9 unspecified atom stereocenters. The number of benzene rings is 1. The van der Waals surface area contributed by atoms with Gasteiger partial charge in [0.25, 0.3) is 0 Å². The molecule has 5 N–H and O–H groups in total. The number of rotatable bonds is 7. The number of carbonyl (C=O) groups excluding carboxylic acids is 1. The number of methoxy groups -OCH3 is 1. The van der Waals surface area contributed by atoms with Crippen LogP contribution >= 0.6 is 0 Å². The van der Waals surface area contributed by atoms with Crippen LogP contribution in [0, 0.1) is 11.8 Å². The van der Waals surface area contributed by atoms with Crippen molar-refractivity contribution in [3.05, 3.63) is 53.8 Å². The first kappa shape index (κ1) is 24.6. The summed E-state index contributed by atoms with van der Waals surface area (Å²) in [6, 6.07) is 6.41. The van der Waals surface area contributed by atoms with Gasteiger partial charge in [0.1, 0.15) is 36.8 Å². The summed E-state index contributed by atoms with van der Waals surface area (Å²) in [5.41, 5.74) is 0.865. The quantitative estimate of drug-likeness (QED) is 0.242. The summed E-state index contributed by atoms with van der Waals surface area (Å²) in [6.07, 6.45) is -4.73. The van der Waals surface area contributed by atoms with Crippen molar-refractivity contribution in [2.24, 2.45) is 11.8 Å². The molecule has 2 heterocycles. The Morgan fingerprint density at radius 3 is 2.44 bits per heavy atom. The van der Waals surface area contributed by atoms with Gasteiger partial charge in [0.2, 0.25) is 6.29 Å². The molecular formula is C23H28O11. The molecule has 11 heteroatoms. The van der Waals surface area contributed by atoms with E-state index in [1.807, 2.05) is 0 Å². The summed E-state index contributed by atoms with van der Waals surface area (Å²) < 4.78 is 27.2. The number of aliphatic hydroxyl groups is 5. The average Bonchev–Trinajstić information content (AvgIpc) is 3.19. The number of fused-ring (bicyclic) bond motifs is 1. The van der Waals surface area contributed by atoms with Crippen molar-refractivity contribution in [3.63, 3.8) is 0 Å². The summed E-state index contributed by atoms with van der Waals surface area (Å²) in [6.45, 7) is -0.748. The molecule has 4 rings (SSSR count). The summed E-state index contributed by atoms with van der Waals surface area (Å²) in [4.78, 5) is 12.5. The van der Waals surface area contributed by atoms with Gasteiger partial charge in [0.15, 0.2) is 6.29 Å². The highest BCUT2D eigenvalue weighted by molar-refractivity contribution is 5.89. The lowest BCUT2D eigenvalue weighted by atomic mass is 9.88. The lowest BCUT2D eigenvalue weighted by Crippen LogP contribution is -2.60. The molecule has 0 radical (unpaired) electrons. The Bertz CT molecular complexity index is 912. The molecule has 0 aromatic heterocycles. The van der Waals surface area contributed by atoms with Crippen molar-refractivity contribution in [1.29, 1.82) is 0 Å². The minimum atomic E-state index is -1.61. The zero-order valence-corrected chi connectivity index (χ0v) is 18.3. The Kier molecular flexibility index (Phi) is 7.53. The number of hydrogen-bond donors (Lipinski definition) is 5. The monoisotopic (exact) mass is 480 g/mol. The largest absolute Gasteiger partial charge is 0.497 e. The number of ether oxygens (including phenoxy) is 5. The van der Waals surface area contributed by atoms with Crippen LogP contribution in [0.1, 0.15) is 10.4 Å². The minimum Gasteiger partial charge on any atom is -0.497 e. The Hall–Kier alpha value is -2.51. The lowest BCUT2D eigenvalue weighted by Gasteiger charge is -2.42. The van der Waals surface area contributed by atoms with Crippen LogP contribution in [0.5, 0.6) is 5.75 Å². The molecule has 11 nitrogen and oxygen atoms in total. The highest BCUT2D eigenvalue weighted by Gasteiger charge is 2.49. The lowest BCUT2D eigenvalue weighted by molar-refractivity contribution is -0.339. The maximum Gasteiger partial charge on any atom is 0.338 e. The molecule has 1 saturated heterocycles. The van der Waals surface area contributed by atoms with E-state index in [0.29, 0.717) is 16.9 Å². The van der Waals surface area contributed by atoms with Crippen LogP contribution in [0.3, 0.4) is 0 Å². The van der Waals surface area contributed by atoms with Gasteiger partial charge in [-0.2, -0.15) is 0 Å². The molecule has 1 aromatic rings. The molecule has 34 heavy (non-hydrogen) atoms. The molecule has 2 aliphatic heterocycles. The van der Waals surface area contributed by atoms with Crippen molar-refractivity contribution in [2.75, 3.05) is 20.3 Å². The van der Waals surface area contributed by atoms with Gasteiger partial charge in [0.05, 0.1) is 37.6 Å². The van der Waals surface area contributed by atoms with Crippen molar-refractivity contribution in [3.8, 4) is 5.75 Å². The smallest absolute Gasteiger partial charge is 0.338 e. The first-order chi connectivity index (χ1) is 16.3. The first-order valence-electron chi connectivity index (χ1n) is 10.8. The molecule has 1 fully saturated rings. The maximum atomic E-state index is 12.5. The van der Waals surface area contributed by atoms with Gasteiger partial charge in [0, 0.05) is 5.92 Å². The molecule has 186 valence electrons. The van der Waals surface area contributed by atoms with Crippen molar-refractivity contribution in [1.82, 2.24) is 0 Å². The molecule has 1 aliphatic carbocycles. The van der Waals surface area contributed by atoms with Crippen LogP contribution in [0.15, 0.2) is 48.3 Å². The van der Waals surface area contributed by atoms with Crippen LogP contribution in [0.25, 0.3) is 0 Å². The van der Waals surface area contributed by atoms with Gasteiger partial charge in [-0.25, -0.2) is 4.79 Å². The molecule has 0 bridgehead atoms. The van der Waals surface area contributed by atoms with Crippen molar-refractivity contribution < 1.29 is 54.0 Å². The molecule has 1 aromatic carbocycles. The van der Waals surface area contributed by atoms with E-state index in [9.17, 15) is 30.3 Å². The Morgan fingerprint density at radius 1 is 1.03 bits per heavy atom. The summed E-state index contributed by atoms with van der Waals surface area (Å²) in [5, 5.41) is 50.2. The fourth-order valence-electron chi connectivity index (χ4n) is 4.32. The van der Waals surface area contributed by atoms with Crippen LogP contribution in [-0.4, -0.2) is 94.9 Å². The Labute approximate surface area is 195 Å². The van der Waals surface area contributed by atoms with E-state index < -0.39 is 67.5 Å². The fraction of sp³-hybridized carbons (Fsp3) is 0.522. The van der Waals surface area contributed by atoms with E-state index >= 15 is 0 Å². The molecule has 0 spiro atoms. The first-order valence-corrected chi connectivity index (χ1v) is 10.8. The van der Waals surface area contributed by atoms with Crippen molar-refractivity contribution >= 4 is 5.97 Å². The van der Waals surface area contributed by atoms with Crippen LogP contribution in [0.2, 0.25) is 0 Å². The topological polar surface area (TPSA) is 164 Å². The third-order valence-electron chi connectivity index (χ3n) is 6.24. The van der Waals surface area contributed by atoms with E-state index in [2.05, 4.69) is 0 Å². The third-order valence-corrected chi connectivity index (χ3v) is 6.24. The second-order valence-electron chi connectivity index (χ2n) is 8.31. The zero-order valence-electron chi connectivity index (χ0n) is 18.3. The second kappa shape index (κ2) is 10.4. The minimum absolute atomic E-state index is 0.144. The highest BCUT2D eigenvalue weighted by Crippen LogP contribution is 2.41. The normalized spacial score (nSPS) is 36.9. The zero-order chi connectivity index (χ0) is 24.4. The van der Waals surface area contributed by atoms with E-state index in [1.54, 1.807) is 36.4 Å². The average molecular weight is 480 g/mol. The molecular weight excluding hydrogens is 452 g/mol. The van der Waals surface area contributed by atoms with E-state index in [-0.39, 0.29) is 6.61 Å². The third kappa shape index (κ3) is 4.82. The van der Waals surface area contributed by atoms with Gasteiger partial charge >= 0.3 is 5.97 Å². The van der Waals surface area contributed by atoms with Gasteiger partial charge in [-0.05, 0) is 35.9 Å². The number of esters is 1. The Balaban J connectivity index is 1.44. The van der Waals surface area contributed by atoms with E-state index in [0.717, 1.165) is 0 Å². The van der Waals surface area contributed by atoms with Gasteiger partial charge < -0.3 is 49.2 Å². The summed E-state index contributed by atoms with van der Waals surface area (Å²) in [7, 11) is 1.52. The Morgan fingerprint density at radius 2 is 1.76 bits per heavy atom. The molecule has 9 atom stereocenters. The SMILES string of the molecule is COc1ccc(C(=O)OCC2=CC(O)C3C=COC(OC4OC(CO)C(O)C(O)C4O)C23)cc1. The van der Waals surface area contributed by atoms with Crippen LogP contribution < -0.4 is 4.74 Å². The second-order valence-corrected chi connectivity index (χ2v) is 8.31. The molecule has 3 aliphatic rings. The fourth-order valence-corrected chi connectivity index (χ4v) is 4.32. The highest BCUT2D eigenvalue weighted by atomic mass is 16.8. The van der Waals surface area contributed by atoms with Crippen LogP contribution in [-0.2, 0) is 18.9 Å². The summed E-state index contributed by atoms with van der Waals surface area (Å²) in [5.74, 6) is -1.00. The number of aliphatic hydroxyl groups excluding tert-OH is 5. The standard InChI is InChI=1S/C23H28O11/c1-30-13-4-2-11(3-5-13)21(29)32-10-12-8-15(25)14-6-7-31-22(17(12)14)34-23-20(28)19(27)18(26)16(9-24)33-23/h2-8,14-20,22-28H,9-10H2,1H3. The van der Waals surface area contributed by atoms with Gasteiger partial charge in [-0.15, -0.1) is 0 Å². The predicted octanol–water partition coefficient (Wildman–Crippen LogP) is -0.928. The molecule has 0 amide bonds. The van der Waals surface area contributed by atoms with Crippen molar-refractivity contribution in [2.45, 2.75) is 43.1 Å². The van der Waals surface area contributed by atoms with E-state index in [4.69, 9.17) is 23.7 Å². The van der Waals surface area contributed by atoms with Crippen LogP contribution in [0.4, 0.5) is 0 Å². The van der Waals surface area contributed by atoms with E-state index in [1.165, 1.54) is 13.4 Å². The maximum absolute atomic E-state index is 12.5. The number of carbonyl (C=O) groups is 1. The number of hydrogen-bond acceptors (Lipinski definition) is 11. The molecule has 0 saturated carbocycles. The van der Waals surface area contributed by atoms with Gasteiger partial charge in [-0.3, -0.25) is 0 Å². The summed E-state index contributed by atoms with van der Waals surface area (Å²) >= 11 is 0. The van der Waals surface area contributed by atoms with Gasteiger partial charge in [-0.1, -0.05) is 6.08 Å².